The molecule has 4 fully saturated rings. The number of carbonyl (C=O) groups is 6. The summed E-state index contributed by atoms with van der Waals surface area (Å²) < 4.78 is 10.2. The summed E-state index contributed by atoms with van der Waals surface area (Å²) in [5.74, 6) is -2.08. The Morgan fingerprint density at radius 3 is 1.29 bits per heavy atom. The predicted molar refractivity (Wildman–Crippen MR) is 150 cm³/mol. The molecule has 4 aliphatic heterocycles. The quantitative estimate of drug-likeness (QED) is 0.328. The highest BCUT2D eigenvalue weighted by atomic mass is 16.5. The van der Waals surface area contributed by atoms with Crippen molar-refractivity contribution in [3.05, 3.63) is 24.3 Å². The molecule has 0 aliphatic carbocycles. The van der Waals surface area contributed by atoms with E-state index in [1.54, 1.807) is 38.1 Å². The highest BCUT2D eigenvalue weighted by Crippen LogP contribution is 2.33. The van der Waals surface area contributed by atoms with Gasteiger partial charge in [0, 0.05) is 0 Å². The number of benzene rings is 1. The average Bonchev–Trinajstić information content (AvgIpc) is 3.46. The second-order valence-corrected chi connectivity index (χ2v) is 11.2. The molecule has 5 rings (SSSR count). The van der Waals surface area contributed by atoms with Crippen LogP contribution in [0.2, 0.25) is 0 Å². The van der Waals surface area contributed by atoms with Gasteiger partial charge in [0.1, 0.15) is 0 Å². The Bertz CT molecular complexity index is 1140. The van der Waals surface area contributed by atoms with Gasteiger partial charge in [-0.15, -0.1) is 0 Å². The molecule has 226 valence electrons. The highest BCUT2D eigenvalue weighted by molar-refractivity contribution is 6.24. The first-order valence-corrected chi connectivity index (χ1v) is 14.9. The van der Waals surface area contributed by atoms with Crippen molar-refractivity contribution in [3.63, 3.8) is 0 Å². The third-order valence-electron chi connectivity index (χ3n) is 8.79. The van der Waals surface area contributed by atoms with Crippen molar-refractivity contribution in [1.82, 2.24) is 9.80 Å². The standard InChI is InChI=1S/C30H38N4O8/c1-3-41-29(39)19-9-13-31(14-10-19)23-17-25(35)33(27(23)37)21-5-7-22(8-6-21)34-26(36)18-24(28(34)38)32-15-11-20(12-16-32)30(40)42-4-2/h5-8,19-20,23-24H,3-4,9-18H2,1-2H3/t23-,24-/m1/s1. The number of hydrogen-bond donors (Lipinski definition) is 0. The van der Waals surface area contributed by atoms with Crippen molar-refractivity contribution in [2.45, 2.75) is 64.5 Å². The van der Waals surface area contributed by atoms with Gasteiger partial charge in [0.2, 0.25) is 11.8 Å². The number of anilines is 2. The normalized spacial score (nSPS) is 25.0. The van der Waals surface area contributed by atoms with E-state index in [2.05, 4.69) is 0 Å². The van der Waals surface area contributed by atoms with Crippen LogP contribution in [0.3, 0.4) is 0 Å². The average molecular weight is 583 g/mol. The van der Waals surface area contributed by atoms with Crippen molar-refractivity contribution in [2.75, 3.05) is 49.2 Å². The molecule has 0 bridgehead atoms. The Labute approximate surface area is 244 Å². The Morgan fingerprint density at radius 2 is 0.976 bits per heavy atom. The second kappa shape index (κ2) is 12.7. The van der Waals surface area contributed by atoms with Crippen molar-refractivity contribution >= 4 is 46.9 Å². The molecular weight excluding hydrogens is 544 g/mol. The molecule has 0 spiro atoms. The molecule has 0 unspecified atom stereocenters. The van der Waals surface area contributed by atoms with Gasteiger partial charge in [0.05, 0.1) is 61.3 Å². The van der Waals surface area contributed by atoms with E-state index in [1.165, 1.54) is 0 Å². The molecule has 12 heteroatoms. The summed E-state index contributed by atoms with van der Waals surface area (Å²) in [6, 6.07) is 5.16. The number of piperidine rings is 2. The topological polar surface area (TPSA) is 134 Å². The third-order valence-corrected chi connectivity index (χ3v) is 8.79. The SMILES string of the molecule is CCOC(=O)C1CCN([C@@H]2CC(=O)N(c3ccc(N4C(=O)C[C@@H](N5CCC(C(=O)OCC)CC5)C4=O)cc3)C2=O)CC1. The Hall–Kier alpha value is -3.64. The van der Waals surface area contributed by atoms with Crippen LogP contribution in [-0.4, -0.2) is 96.8 Å². The minimum absolute atomic E-state index is 0.0578. The molecule has 4 heterocycles. The van der Waals surface area contributed by atoms with Gasteiger partial charge in [0.25, 0.3) is 11.8 Å². The predicted octanol–water partition coefficient (Wildman–Crippen LogP) is 1.50. The van der Waals surface area contributed by atoms with Gasteiger partial charge >= 0.3 is 11.9 Å². The maximum Gasteiger partial charge on any atom is 0.309 e. The van der Waals surface area contributed by atoms with Crippen LogP contribution in [0.25, 0.3) is 0 Å². The smallest absolute Gasteiger partial charge is 0.309 e. The number of nitrogens with zero attached hydrogens (tertiary/aromatic N) is 4. The van der Waals surface area contributed by atoms with E-state index in [1.807, 2.05) is 9.80 Å². The number of imide groups is 2. The third kappa shape index (κ3) is 5.82. The Morgan fingerprint density at radius 1 is 0.643 bits per heavy atom. The zero-order valence-electron chi connectivity index (χ0n) is 24.2. The number of carbonyl (C=O) groups excluding carboxylic acids is 6. The fourth-order valence-corrected chi connectivity index (χ4v) is 6.51. The molecule has 4 amide bonds. The summed E-state index contributed by atoms with van der Waals surface area (Å²) in [5.41, 5.74) is 0.767. The van der Waals surface area contributed by atoms with E-state index in [0.29, 0.717) is 76.5 Å². The summed E-state index contributed by atoms with van der Waals surface area (Å²) in [6.07, 6.45) is 2.42. The maximum atomic E-state index is 13.3. The van der Waals surface area contributed by atoms with E-state index in [0.717, 1.165) is 9.80 Å². The molecule has 0 N–H and O–H groups in total. The fourth-order valence-electron chi connectivity index (χ4n) is 6.51. The first-order valence-electron chi connectivity index (χ1n) is 14.9. The second-order valence-electron chi connectivity index (χ2n) is 11.2. The lowest BCUT2D eigenvalue weighted by Crippen LogP contribution is -2.47. The van der Waals surface area contributed by atoms with Crippen LogP contribution in [0.5, 0.6) is 0 Å². The van der Waals surface area contributed by atoms with Crippen molar-refractivity contribution in [3.8, 4) is 0 Å². The van der Waals surface area contributed by atoms with Crippen molar-refractivity contribution in [1.29, 1.82) is 0 Å². The van der Waals surface area contributed by atoms with Crippen LogP contribution in [0.1, 0.15) is 52.4 Å². The molecule has 4 saturated heterocycles. The molecule has 0 radical (unpaired) electrons. The number of rotatable bonds is 8. The van der Waals surface area contributed by atoms with Gasteiger partial charge in [-0.05, 0) is 90.0 Å². The van der Waals surface area contributed by atoms with Gasteiger partial charge in [0.15, 0.2) is 0 Å². The Kier molecular flexibility index (Phi) is 9.02. The molecule has 42 heavy (non-hydrogen) atoms. The molecule has 0 saturated carbocycles. The van der Waals surface area contributed by atoms with Crippen LogP contribution in [-0.2, 0) is 38.2 Å². The van der Waals surface area contributed by atoms with Crippen LogP contribution in [0.4, 0.5) is 11.4 Å². The van der Waals surface area contributed by atoms with Gasteiger partial charge < -0.3 is 9.47 Å². The summed E-state index contributed by atoms with van der Waals surface area (Å²) in [7, 11) is 0. The van der Waals surface area contributed by atoms with Crippen LogP contribution < -0.4 is 9.80 Å². The number of esters is 2. The lowest BCUT2D eigenvalue weighted by atomic mass is 9.95. The largest absolute Gasteiger partial charge is 0.466 e. The van der Waals surface area contributed by atoms with Gasteiger partial charge in [-0.25, -0.2) is 9.80 Å². The van der Waals surface area contributed by atoms with E-state index in [-0.39, 0.29) is 60.2 Å². The minimum Gasteiger partial charge on any atom is -0.466 e. The van der Waals surface area contributed by atoms with Crippen LogP contribution in [0, 0.1) is 11.8 Å². The summed E-state index contributed by atoms with van der Waals surface area (Å²) >= 11 is 0. The molecular formula is C30H38N4O8. The zero-order valence-corrected chi connectivity index (χ0v) is 24.2. The number of likely N-dealkylation sites (tertiary alicyclic amines) is 2. The molecule has 1 aromatic rings. The monoisotopic (exact) mass is 582 g/mol. The molecule has 4 aliphatic rings. The summed E-state index contributed by atoms with van der Waals surface area (Å²) in [4.78, 5) is 82.8. The highest BCUT2D eigenvalue weighted by Gasteiger charge is 2.46. The van der Waals surface area contributed by atoms with E-state index < -0.39 is 12.1 Å². The zero-order chi connectivity index (χ0) is 30.0. The number of ether oxygens (including phenoxy) is 2. The van der Waals surface area contributed by atoms with E-state index >= 15 is 0 Å². The lowest BCUT2D eigenvalue weighted by Gasteiger charge is -2.33. The van der Waals surface area contributed by atoms with E-state index in [9.17, 15) is 28.8 Å². The summed E-state index contributed by atoms with van der Waals surface area (Å²) in [6.45, 7) is 6.33. The lowest BCUT2D eigenvalue weighted by molar-refractivity contribution is -0.150. The number of amides is 4. The fraction of sp³-hybridized carbons (Fsp3) is 0.600. The van der Waals surface area contributed by atoms with Crippen molar-refractivity contribution < 1.29 is 38.2 Å². The molecule has 1 aromatic carbocycles. The van der Waals surface area contributed by atoms with Gasteiger partial charge in [-0.2, -0.15) is 0 Å². The van der Waals surface area contributed by atoms with Gasteiger partial charge in [-0.1, -0.05) is 0 Å². The van der Waals surface area contributed by atoms with Gasteiger partial charge in [-0.3, -0.25) is 38.6 Å². The summed E-state index contributed by atoms with van der Waals surface area (Å²) in [5, 5.41) is 0. The minimum atomic E-state index is -0.587. The van der Waals surface area contributed by atoms with Crippen LogP contribution >= 0.6 is 0 Å². The first-order chi connectivity index (χ1) is 20.2. The molecule has 0 aromatic heterocycles. The first kappa shape index (κ1) is 29.8. The van der Waals surface area contributed by atoms with Crippen molar-refractivity contribution in [2.24, 2.45) is 11.8 Å². The molecule has 2 atom stereocenters. The maximum absolute atomic E-state index is 13.3. The van der Waals surface area contributed by atoms with Crippen LogP contribution in [0.15, 0.2) is 24.3 Å². The Balaban J connectivity index is 1.19. The number of hydrogen-bond acceptors (Lipinski definition) is 10. The molecule has 12 nitrogen and oxygen atoms in total. The van der Waals surface area contributed by atoms with E-state index in [4.69, 9.17) is 9.47 Å².